The predicted molar refractivity (Wildman–Crippen MR) is 113 cm³/mol. The van der Waals surface area contributed by atoms with Gasteiger partial charge < -0.3 is 15.8 Å². The number of aromatic nitrogens is 2. The number of amides is 1. The molecule has 1 aromatic carbocycles. The van der Waals surface area contributed by atoms with Gasteiger partial charge in [-0.1, -0.05) is 17.7 Å². The Morgan fingerprint density at radius 1 is 1.40 bits per heavy atom. The number of nitrogens with two attached hydrogens (primary N) is 1. The van der Waals surface area contributed by atoms with Gasteiger partial charge in [0.1, 0.15) is 6.61 Å². The fraction of sp³-hybridized carbons (Fsp3) is 0.300. The highest BCUT2D eigenvalue weighted by Crippen LogP contribution is 2.42. The van der Waals surface area contributed by atoms with Crippen molar-refractivity contribution in [3.63, 3.8) is 0 Å². The molecule has 3 N–H and O–H groups in total. The Hall–Kier alpha value is -2.49. The van der Waals surface area contributed by atoms with E-state index < -0.39 is 11.6 Å². The number of nitrogens with zero attached hydrogens (tertiary/aromatic N) is 2. The van der Waals surface area contributed by atoms with E-state index in [1.165, 1.54) is 10.9 Å². The van der Waals surface area contributed by atoms with Gasteiger partial charge in [-0.15, -0.1) is 11.3 Å². The highest BCUT2D eigenvalue weighted by molar-refractivity contribution is 7.14. The second kappa shape index (κ2) is 10.0. The summed E-state index contributed by atoms with van der Waals surface area (Å²) in [5, 5.41) is 8.37. The van der Waals surface area contributed by atoms with Crippen LogP contribution >= 0.6 is 22.9 Å². The molecule has 0 fully saturated rings. The first-order valence-corrected chi connectivity index (χ1v) is 10.4. The van der Waals surface area contributed by atoms with Gasteiger partial charge in [-0.25, -0.2) is 8.78 Å². The second-order valence-corrected chi connectivity index (χ2v) is 8.27. The van der Waals surface area contributed by atoms with Gasteiger partial charge in [0, 0.05) is 17.5 Å². The minimum Gasteiger partial charge on any atom is -0.481 e. The van der Waals surface area contributed by atoms with Crippen LogP contribution in [0.15, 0.2) is 30.5 Å². The molecule has 4 rings (SSSR count). The van der Waals surface area contributed by atoms with Crippen molar-refractivity contribution in [3.8, 4) is 16.3 Å². The summed E-state index contributed by atoms with van der Waals surface area (Å²) in [6, 6.07) is 5.47. The molecule has 0 saturated heterocycles. The number of rotatable bonds is 5. The molecule has 0 saturated carbocycles. The zero-order chi connectivity index (χ0) is 21.7. The van der Waals surface area contributed by atoms with E-state index in [-0.39, 0.29) is 12.6 Å². The van der Waals surface area contributed by atoms with E-state index >= 15 is 0 Å². The first-order valence-electron chi connectivity index (χ1n) is 9.21. The Bertz CT molecular complexity index is 1020. The summed E-state index contributed by atoms with van der Waals surface area (Å²) >= 11 is 7.79. The number of benzene rings is 1. The molecule has 1 unspecified atom stereocenters. The average Bonchev–Trinajstić information content (AvgIpc) is 3.21. The molecular formula is C20H21ClF2N4O2S. The Morgan fingerprint density at radius 2 is 2.20 bits per heavy atom. The van der Waals surface area contributed by atoms with Crippen molar-refractivity contribution in [1.29, 1.82) is 0 Å². The van der Waals surface area contributed by atoms with Crippen LogP contribution in [0.25, 0.3) is 11.3 Å². The van der Waals surface area contributed by atoms with Crippen LogP contribution in [0.5, 0.6) is 5.06 Å². The summed E-state index contributed by atoms with van der Waals surface area (Å²) in [7, 11) is 0. The molecule has 0 bridgehead atoms. The van der Waals surface area contributed by atoms with Crippen LogP contribution in [0.1, 0.15) is 10.4 Å². The number of nitrogens with one attached hydrogen (secondary N) is 1. The highest BCUT2D eigenvalue weighted by Gasteiger charge is 2.21. The van der Waals surface area contributed by atoms with Crippen molar-refractivity contribution in [3.05, 3.63) is 57.6 Å². The van der Waals surface area contributed by atoms with Crippen LogP contribution in [0.2, 0.25) is 5.02 Å². The second-order valence-electron chi connectivity index (χ2n) is 6.64. The molecule has 0 aliphatic carbocycles. The van der Waals surface area contributed by atoms with Crippen LogP contribution in [0.4, 0.5) is 8.78 Å². The smallest absolute Gasteiger partial charge is 0.207 e. The third kappa shape index (κ3) is 5.16. The molecule has 0 spiro atoms. The summed E-state index contributed by atoms with van der Waals surface area (Å²) in [4.78, 5) is 11.4. The summed E-state index contributed by atoms with van der Waals surface area (Å²) in [5.41, 5.74) is 8.03. The normalized spacial score (nSPS) is 13.1. The van der Waals surface area contributed by atoms with Crippen molar-refractivity contribution >= 4 is 29.3 Å². The molecule has 1 aliphatic heterocycles. The van der Waals surface area contributed by atoms with E-state index in [0.29, 0.717) is 30.0 Å². The number of carbonyl (C=O) groups excluding carboxylic acids is 1. The van der Waals surface area contributed by atoms with Crippen molar-refractivity contribution in [2.45, 2.75) is 25.9 Å². The first kappa shape index (κ1) is 22.2. The van der Waals surface area contributed by atoms with Crippen molar-refractivity contribution in [2.24, 2.45) is 5.73 Å². The van der Waals surface area contributed by atoms with Crippen LogP contribution in [0.3, 0.4) is 0 Å². The number of thiophene rings is 1. The summed E-state index contributed by atoms with van der Waals surface area (Å²) in [6.45, 7) is 3.72. The molecule has 10 heteroatoms. The number of halogens is 3. The number of ether oxygens (including phenoxy) is 1. The molecule has 6 nitrogen and oxygen atoms in total. The van der Waals surface area contributed by atoms with E-state index in [1.54, 1.807) is 17.5 Å². The Kier molecular flexibility index (Phi) is 7.41. The topological polar surface area (TPSA) is 82.2 Å². The van der Waals surface area contributed by atoms with Crippen molar-refractivity contribution in [2.75, 3.05) is 13.2 Å². The van der Waals surface area contributed by atoms with E-state index in [9.17, 15) is 13.6 Å². The Balaban J connectivity index is 0.000000171. The van der Waals surface area contributed by atoms with Gasteiger partial charge in [0.05, 0.1) is 29.0 Å². The van der Waals surface area contributed by atoms with Gasteiger partial charge in [0.2, 0.25) is 6.41 Å². The van der Waals surface area contributed by atoms with E-state index in [0.717, 1.165) is 35.0 Å². The van der Waals surface area contributed by atoms with E-state index in [4.69, 9.17) is 22.1 Å². The molecule has 1 atom stereocenters. The maximum Gasteiger partial charge on any atom is 0.207 e. The van der Waals surface area contributed by atoms with Crippen LogP contribution in [-0.2, 0) is 17.8 Å². The summed E-state index contributed by atoms with van der Waals surface area (Å²) in [5.74, 6) is -1.78. The van der Waals surface area contributed by atoms with Gasteiger partial charge in [-0.3, -0.25) is 9.48 Å². The predicted octanol–water partition coefficient (Wildman–Crippen LogP) is 3.55. The van der Waals surface area contributed by atoms with Crippen LogP contribution < -0.4 is 15.8 Å². The zero-order valence-electron chi connectivity index (χ0n) is 16.2. The van der Waals surface area contributed by atoms with Gasteiger partial charge in [0.25, 0.3) is 0 Å². The SMILES string of the molecule is Cc1cc2c(s1)OCCn1ncc(Cl)c1-2.NCC(Cc1ccc(F)c(F)c1)NC=O. The van der Waals surface area contributed by atoms with Gasteiger partial charge >= 0.3 is 0 Å². The fourth-order valence-electron chi connectivity index (χ4n) is 3.05. The number of aryl methyl sites for hydroxylation is 1. The molecule has 3 aromatic rings. The number of hydrogen-bond acceptors (Lipinski definition) is 5. The van der Waals surface area contributed by atoms with Crippen molar-refractivity contribution in [1.82, 2.24) is 15.1 Å². The van der Waals surface area contributed by atoms with Crippen LogP contribution in [-0.4, -0.2) is 35.4 Å². The maximum atomic E-state index is 12.8. The lowest BCUT2D eigenvalue weighted by Crippen LogP contribution is -2.36. The quantitative estimate of drug-likeness (QED) is 0.578. The molecule has 30 heavy (non-hydrogen) atoms. The molecule has 3 heterocycles. The lowest BCUT2D eigenvalue weighted by Gasteiger charge is -2.13. The Labute approximate surface area is 181 Å². The summed E-state index contributed by atoms with van der Waals surface area (Å²) < 4.78 is 33.0. The first-order chi connectivity index (χ1) is 14.4. The largest absolute Gasteiger partial charge is 0.481 e. The lowest BCUT2D eigenvalue weighted by molar-refractivity contribution is -0.110. The fourth-order valence-corrected chi connectivity index (χ4v) is 4.17. The number of carbonyl (C=O) groups is 1. The summed E-state index contributed by atoms with van der Waals surface area (Å²) in [6.07, 6.45) is 2.61. The Morgan fingerprint density at radius 3 is 2.90 bits per heavy atom. The minimum absolute atomic E-state index is 0.248. The van der Waals surface area contributed by atoms with Gasteiger partial charge in [0.15, 0.2) is 16.7 Å². The number of hydrogen-bond donors (Lipinski definition) is 2. The van der Waals surface area contributed by atoms with Gasteiger partial charge in [-0.05, 0) is 37.1 Å². The maximum absolute atomic E-state index is 12.8. The minimum atomic E-state index is -0.894. The molecule has 0 radical (unpaired) electrons. The number of fused-ring (bicyclic) bond motifs is 3. The van der Waals surface area contributed by atoms with E-state index in [2.05, 4.69) is 23.4 Å². The van der Waals surface area contributed by atoms with Crippen LogP contribution in [0, 0.1) is 18.6 Å². The van der Waals surface area contributed by atoms with E-state index in [1.807, 2.05) is 4.68 Å². The average molecular weight is 455 g/mol. The molecule has 2 aromatic heterocycles. The standard InChI is InChI=1S/C10H9ClN2OS.C10H12F2N2O/c1-6-4-7-9-8(11)5-12-13(9)2-3-14-10(7)15-6;11-9-2-1-7(4-10(9)12)3-8(5-13)14-6-15/h4-5H,2-3H2,1H3;1-2,4,6,8H,3,5,13H2,(H,14,15). The third-order valence-corrected chi connectivity index (χ3v) is 5.70. The lowest BCUT2D eigenvalue weighted by atomic mass is 10.1. The van der Waals surface area contributed by atoms with Crippen molar-refractivity contribution < 1.29 is 18.3 Å². The zero-order valence-corrected chi connectivity index (χ0v) is 17.8. The highest BCUT2D eigenvalue weighted by atomic mass is 35.5. The molecule has 1 amide bonds. The molecular weight excluding hydrogens is 434 g/mol. The third-order valence-electron chi connectivity index (χ3n) is 4.46. The molecule has 1 aliphatic rings. The monoisotopic (exact) mass is 454 g/mol. The molecule has 160 valence electrons. The van der Waals surface area contributed by atoms with Gasteiger partial charge in [-0.2, -0.15) is 5.10 Å².